The Morgan fingerprint density at radius 1 is 1.23 bits per heavy atom. The topological polar surface area (TPSA) is 55.4 Å². The summed E-state index contributed by atoms with van der Waals surface area (Å²) in [5.74, 6) is -0.958. The van der Waals surface area contributed by atoms with Gasteiger partial charge in [-0.05, 0) is 49.9 Å². The monoisotopic (exact) mass is 435 g/mol. The van der Waals surface area contributed by atoms with Crippen LogP contribution >= 0.6 is 11.3 Å². The van der Waals surface area contributed by atoms with Crippen LogP contribution in [0.5, 0.6) is 0 Å². The quantitative estimate of drug-likeness (QED) is 0.618. The standard InChI is InChI=1S/C22H20F3NO3S/c1-3-29-21(28)19-11(2)16-17(12-7-9-13(10-8-12)22(23,24)25)18-14(26-20(16)30-19)5-4-6-15(18)27/h7-10,17,26H,3-6H2,1-2H3/t17-/m1/s1. The molecule has 0 unspecified atom stereocenters. The molecule has 4 nitrogen and oxygen atoms in total. The number of fused-ring (bicyclic) bond motifs is 1. The zero-order valence-electron chi connectivity index (χ0n) is 16.5. The van der Waals surface area contributed by atoms with Gasteiger partial charge in [-0.15, -0.1) is 11.3 Å². The third-order valence-corrected chi connectivity index (χ3v) is 6.73. The average molecular weight is 435 g/mol. The highest BCUT2D eigenvalue weighted by atomic mass is 32.1. The third kappa shape index (κ3) is 3.43. The highest BCUT2D eigenvalue weighted by Crippen LogP contribution is 2.50. The van der Waals surface area contributed by atoms with Gasteiger partial charge in [0.05, 0.1) is 17.2 Å². The molecule has 0 radical (unpaired) electrons. The number of hydrogen-bond donors (Lipinski definition) is 1. The van der Waals surface area contributed by atoms with Crippen molar-refractivity contribution >= 4 is 28.1 Å². The summed E-state index contributed by atoms with van der Waals surface area (Å²) >= 11 is 1.26. The van der Waals surface area contributed by atoms with Crippen molar-refractivity contribution in [3.05, 3.63) is 62.7 Å². The summed E-state index contributed by atoms with van der Waals surface area (Å²) in [7, 11) is 0. The van der Waals surface area contributed by atoms with E-state index in [1.54, 1.807) is 13.8 Å². The number of alkyl halides is 3. The Kier molecular flexibility index (Phi) is 5.22. The Labute approximate surface area is 175 Å². The molecule has 0 spiro atoms. The number of nitrogens with one attached hydrogen (secondary N) is 1. The summed E-state index contributed by atoms with van der Waals surface area (Å²) in [5.41, 5.74) is 2.70. The van der Waals surface area contributed by atoms with Crippen molar-refractivity contribution < 1.29 is 27.5 Å². The Morgan fingerprint density at radius 2 is 1.93 bits per heavy atom. The molecular formula is C22H20F3NO3S. The number of allylic oxidation sites excluding steroid dienone is 2. The van der Waals surface area contributed by atoms with Crippen LogP contribution in [0.1, 0.15) is 64.0 Å². The van der Waals surface area contributed by atoms with Gasteiger partial charge in [0.2, 0.25) is 0 Å². The van der Waals surface area contributed by atoms with Crippen LogP contribution in [0.4, 0.5) is 18.2 Å². The van der Waals surface area contributed by atoms with Crippen molar-refractivity contribution in [2.75, 3.05) is 11.9 Å². The Bertz CT molecular complexity index is 1050. The lowest BCUT2D eigenvalue weighted by atomic mass is 9.75. The average Bonchev–Trinajstić information content (AvgIpc) is 3.03. The number of esters is 1. The van der Waals surface area contributed by atoms with Crippen LogP contribution in [-0.4, -0.2) is 18.4 Å². The number of thiophene rings is 1. The van der Waals surface area contributed by atoms with Crippen LogP contribution in [-0.2, 0) is 15.7 Å². The number of ether oxygens (including phenoxy) is 1. The molecule has 1 aliphatic carbocycles. The second kappa shape index (κ2) is 7.58. The van der Waals surface area contributed by atoms with Gasteiger partial charge in [-0.25, -0.2) is 4.79 Å². The largest absolute Gasteiger partial charge is 0.462 e. The Morgan fingerprint density at radius 3 is 2.57 bits per heavy atom. The molecule has 0 amide bonds. The zero-order valence-corrected chi connectivity index (χ0v) is 17.3. The van der Waals surface area contributed by atoms with Crippen LogP contribution in [0.25, 0.3) is 0 Å². The van der Waals surface area contributed by atoms with Gasteiger partial charge in [0, 0.05) is 29.2 Å². The first-order chi connectivity index (χ1) is 14.2. The minimum absolute atomic E-state index is 0.0115. The SMILES string of the molecule is CCOC(=O)c1sc2c(c1C)[C@@H](c1ccc(C(F)(F)F)cc1)C1=C(CCCC1=O)N2. The van der Waals surface area contributed by atoms with Gasteiger partial charge in [-0.2, -0.15) is 13.2 Å². The van der Waals surface area contributed by atoms with Crippen molar-refractivity contribution in [2.24, 2.45) is 0 Å². The molecule has 1 aliphatic heterocycles. The van der Waals surface area contributed by atoms with Crippen LogP contribution in [0.3, 0.4) is 0 Å². The molecule has 0 saturated heterocycles. The van der Waals surface area contributed by atoms with Gasteiger partial charge >= 0.3 is 12.1 Å². The molecule has 4 rings (SSSR count). The molecule has 2 aliphatic rings. The summed E-state index contributed by atoms with van der Waals surface area (Å²) in [5, 5.41) is 4.06. The number of ketones is 1. The molecule has 158 valence electrons. The zero-order chi connectivity index (χ0) is 21.6. The number of halogens is 3. The lowest BCUT2D eigenvalue weighted by molar-refractivity contribution is -0.137. The number of hydrogen-bond acceptors (Lipinski definition) is 5. The Hall–Kier alpha value is -2.61. The van der Waals surface area contributed by atoms with Gasteiger partial charge in [0.1, 0.15) is 4.88 Å². The maximum Gasteiger partial charge on any atom is 0.416 e. The molecular weight excluding hydrogens is 415 g/mol. The highest BCUT2D eigenvalue weighted by Gasteiger charge is 2.39. The molecule has 1 N–H and O–H groups in total. The first kappa shape index (κ1) is 20.7. The van der Waals surface area contributed by atoms with E-state index in [1.165, 1.54) is 23.5 Å². The number of Topliss-reactive ketones (excluding diaryl/α,β-unsaturated/α-hetero) is 1. The van der Waals surface area contributed by atoms with E-state index in [0.717, 1.165) is 34.8 Å². The van der Waals surface area contributed by atoms with Gasteiger partial charge < -0.3 is 10.1 Å². The van der Waals surface area contributed by atoms with E-state index in [4.69, 9.17) is 4.74 Å². The van der Waals surface area contributed by atoms with Gasteiger partial charge in [0.15, 0.2) is 5.78 Å². The van der Waals surface area contributed by atoms with E-state index in [-0.39, 0.29) is 12.4 Å². The smallest absolute Gasteiger partial charge is 0.416 e. The maximum atomic E-state index is 13.0. The minimum Gasteiger partial charge on any atom is -0.462 e. The molecule has 1 aromatic heterocycles. The van der Waals surface area contributed by atoms with Crippen molar-refractivity contribution in [3.63, 3.8) is 0 Å². The number of rotatable bonds is 3. The van der Waals surface area contributed by atoms with Gasteiger partial charge in [-0.1, -0.05) is 12.1 Å². The lowest BCUT2D eigenvalue weighted by Gasteiger charge is -2.33. The van der Waals surface area contributed by atoms with Crippen molar-refractivity contribution in [2.45, 2.75) is 45.2 Å². The number of benzene rings is 1. The maximum absolute atomic E-state index is 13.0. The number of anilines is 1. The summed E-state index contributed by atoms with van der Waals surface area (Å²) in [4.78, 5) is 25.7. The number of carbonyl (C=O) groups excluding carboxylic acids is 2. The summed E-state index contributed by atoms with van der Waals surface area (Å²) in [6, 6.07) is 4.93. The summed E-state index contributed by atoms with van der Waals surface area (Å²) in [6.07, 6.45) is -2.63. The van der Waals surface area contributed by atoms with E-state index in [0.29, 0.717) is 34.4 Å². The van der Waals surface area contributed by atoms with E-state index in [2.05, 4.69) is 5.32 Å². The predicted molar refractivity (Wildman–Crippen MR) is 108 cm³/mol. The fourth-order valence-corrected chi connectivity index (χ4v) is 5.33. The molecule has 2 aromatic rings. The van der Waals surface area contributed by atoms with Crippen LogP contribution in [0.15, 0.2) is 35.5 Å². The fraction of sp³-hybridized carbons (Fsp3) is 0.364. The van der Waals surface area contributed by atoms with Crippen LogP contribution in [0.2, 0.25) is 0 Å². The lowest BCUT2D eigenvalue weighted by Crippen LogP contribution is -2.26. The van der Waals surface area contributed by atoms with Crippen molar-refractivity contribution in [3.8, 4) is 0 Å². The number of carbonyl (C=O) groups is 2. The van der Waals surface area contributed by atoms with E-state index < -0.39 is 23.6 Å². The molecule has 30 heavy (non-hydrogen) atoms. The first-order valence-corrected chi connectivity index (χ1v) is 10.5. The predicted octanol–water partition coefficient (Wildman–Crippen LogP) is 5.82. The Balaban J connectivity index is 1.87. The van der Waals surface area contributed by atoms with Crippen molar-refractivity contribution in [1.82, 2.24) is 0 Å². The summed E-state index contributed by atoms with van der Waals surface area (Å²) < 4.78 is 44.3. The third-order valence-electron chi connectivity index (χ3n) is 5.52. The molecule has 8 heteroatoms. The van der Waals surface area contributed by atoms with Crippen molar-refractivity contribution in [1.29, 1.82) is 0 Å². The molecule has 0 fully saturated rings. The molecule has 0 bridgehead atoms. The normalized spacial score (nSPS) is 18.6. The van der Waals surface area contributed by atoms with E-state index in [1.807, 2.05) is 0 Å². The van der Waals surface area contributed by atoms with E-state index in [9.17, 15) is 22.8 Å². The molecule has 1 atom stereocenters. The second-order valence-electron chi connectivity index (χ2n) is 7.37. The summed E-state index contributed by atoms with van der Waals surface area (Å²) in [6.45, 7) is 3.76. The fourth-order valence-electron chi connectivity index (χ4n) is 4.17. The molecule has 0 saturated carbocycles. The highest BCUT2D eigenvalue weighted by molar-refractivity contribution is 7.18. The van der Waals surface area contributed by atoms with Crippen LogP contribution < -0.4 is 5.32 Å². The van der Waals surface area contributed by atoms with Gasteiger partial charge in [-0.3, -0.25) is 4.79 Å². The first-order valence-electron chi connectivity index (χ1n) is 9.73. The van der Waals surface area contributed by atoms with Crippen LogP contribution in [0, 0.1) is 6.92 Å². The van der Waals surface area contributed by atoms with E-state index >= 15 is 0 Å². The second-order valence-corrected chi connectivity index (χ2v) is 8.39. The minimum atomic E-state index is -4.43. The molecule has 1 aromatic carbocycles. The van der Waals surface area contributed by atoms with Gasteiger partial charge in [0.25, 0.3) is 0 Å². The molecule has 2 heterocycles.